The molecule has 1 atom stereocenters. The van der Waals surface area contributed by atoms with Crippen molar-refractivity contribution in [1.82, 2.24) is 0 Å². The van der Waals surface area contributed by atoms with E-state index in [0.29, 0.717) is 6.61 Å². The van der Waals surface area contributed by atoms with Gasteiger partial charge in [-0.3, -0.25) is 4.79 Å². The topological polar surface area (TPSA) is 57.5 Å². The molecule has 0 aliphatic rings. The summed E-state index contributed by atoms with van der Waals surface area (Å²) in [4.78, 5) is 11.1. The molecule has 0 aromatic rings. The highest BCUT2D eigenvalue weighted by Crippen LogP contribution is 2.20. The maximum Gasteiger partial charge on any atom is 0.306 e. The monoisotopic (exact) mass is 342 g/mol. The maximum atomic E-state index is 11.1. The first-order valence-corrected chi connectivity index (χ1v) is 10.4. The second-order valence-corrected chi connectivity index (χ2v) is 7.65. The van der Waals surface area contributed by atoms with Crippen LogP contribution in [0, 0.1) is 11.8 Å². The fourth-order valence-corrected chi connectivity index (χ4v) is 3.34. The zero-order valence-electron chi connectivity index (χ0n) is 16.3. The van der Waals surface area contributed by atoms with Gasteiger partial charge in [0.15, 0.2) is 0 Å². The number of carboxylic acids is 1. The smallest absolute Gasteiger partial charge is 0.306 e. The van der Waals surface area contributed by atoms with Gasteiger partial charge in [0, 0.05) is 6.61 Å². The lowest BCUT2D eigenvalue weighted by Crippen LogP contribution is -2.19. The first kappa shape index (κ1) is 23.4. The molecule has 0 saturated carbocycles. The minimum Gasteiger partial charge on any atom is -0.481 e. The number of aliphatic carboxylic acids is 1. The van der Waals surface area contributed by atoms with E-state index in [0.717, 1.165) is 19.3 Å². The van der Waals surface area contributed by atoms with Gasteiger partial charge in [0.2, 0.25) is 0 Å². The molecule has 0 aromatic carbocycles. The molecule has 0 amide bonds. The average Bonchev–Trinajstić information content (AvgIpc) is 2.53. The number of hydrogen-bond acceptors (Lipinski definition) is 2. The van der Waals surface area contributed by atoms with Crippen LogP contribution >= 0.6 is 0 Å². The third-order valence-corrected chi connectivity index (χ3v) is 5.05. The van der Waals surface area contributed by atoms with Crippen molar-refractivity contribution in [3.05, 3.63) is 0 Å². The molecule has 0 saturated heterocycles. The van der Waals surface area contributed by atoms with Crippen LogP contribution in [0.4, 0.5) is 0 Å². The Morgan fingerprint density at radius 1 is 0.667 bits per heavy atom. The van der Waals surface area contributed by atoms with Gasteiger partial charge in [-0.2, -0.15) is 0 Å². The Kier molecular flexibility index (Phi) is 16.8. The highest BCUT2D eigenvalue weighted by Gasteiger charge is 2.20. The van der Waals surface area contributed by atoms with Crippen LogP contribution in [0.15, 0.2) is 0 Å². The van der Waals surface area contributed by atoms with Gasteiger partial charge in [-0.1, -0.05) is 97.3 Å². The minimum atomic E-state index is -0.626. The van der Waals surface area contributed by atoms with Crippen molar-refractivity contribution in [2.45, 2.75) is 110 Å². The minimum absolute atomic E-state index is 0.159. The number of rotatable bonds is 18. The van der Waals surface area contributed by atoms with Gasteiger partial charge in [-0.25, -0.2) is 0 Å². The molecule has 0 aliphatic heterocycles. The van der Waals surface area contributed by atoms with E-state index in [1.54, 1.807) is 0 Å². The summed E-state index contributed by atoms with van der Waals surface area (Å²) >= 11 is 0. The lowest BCUT2D eigenvalue weighted by atomic mass is 9.90. The number of aliphatic hydroxyl groups is 1. The lowest BCUT2D eigenvalue weighted by Gasteiger charge is -2.15. The Hall–Kier alpha value is -0.570. The molecule has 0 spiro atoms. The fourth-order valence-electron chi connectivity index (χ4n) is 3.34. The zero-order chi connectivity index (χ0) is 18.0. The SMILES string of the molecule is CC(C)C(CCCCCCCCCCCCCCCCO)C(=O)O. The van der Waals surface area contributed by atoms with E-state index in [9.17, 15) is 4.79 Å². The van der Waals surface area contributed by atoms with Gasteiger partial charge in [0.25, 0.3) is 0 Å². The molecule has 0 fully saturated rings. The first-order chi connectivity index (χ1) is 11.6. The van der Waals surface area contributed by atoms with E-state index < -0.39 is 5.97 Å². The van der Waals surface area contributed by atoms with Crippen LogP contribution in [-0.4, -0.2) is 22.8 Å². The van der Waals surface area contributed by atoms with E-state index in [-0.39, 0.29) is 11.8 Å². The number of carbonyl (C=O) groups is 1. The molecule has 3 nitrogen and oxygen atoms in total. The third-order valence-electron chi connectivity index (χ3n) is 5.05. The lowest BCUT2D eigenvalue weighted by molar-refractivity contribution is -0.143. The van der Waals surface area contributed by atoms with Gasteiger partial charge >= 0.3 is 5.97 Å². The molecule has 0 radical (unpaired) electrons. The predicted molar refractivity (Wildman–Crippen MR) is 102 cm³/mol. The standard InChI is InChI=1S/C21H42O3/c1-19(2)20(21(23)24)17-15-13-11-9-7-5-3-4-6-8-10-12-14-16-18-22/h19-20,22H,3-18H2,1-2H3,(H,23,24). The molecule has 2 N–H and O–H groups in total. The van der Waals surface area contributed by atoms with E-state index >= 15 is 0 Å². The van der Waals surface area contributed by atoms with Crippen LogP contribution < -0.4 is 0 Å². The van der Waals surface area contributed by atoms with Gasteiger partial charge in [0.05, 0.1) is 5.92 Å². The number of carboxylic acid groups (broad SMARTS) is 1. The first-order valence-electron chi connectivity index (χ1n) is 10.4. The van der Waals surface area contributed by atoms with E-state index in [2.05, 4.69) is 0 Å². The Morgan fingerprint density at radius 2 is 1.00 bits per heavy atom. The molecular weight excluding hydrogens is 300 g/mol. The maximum absolute atomic E-state index is 11.1. The predicted octanol–water partition coefficient (Wildman–Crippen LogP) is 6.19. The Labute approximate surface area is 150 Å². The van der Waals surface area contributed by atoms with Crippen LogP contribution in [0.1, 0.15) is 110 Å². The summed E-state index contributed by atoms with van der Waals surface area (Å²) in [6, 6.07) is 0. The normalized spacial score (nSPS) is 12.7. The number of hydrogen-bond donors (Lipinski definition) is 2. The summed E-state index contributed by atoms with van der Waals surface area (Å²) in [5, 5.41) is 17.9. The van der Waals surface area contributed by atoms with E-state index in [4.69, 9.17) is 10.2 Å². The molecule has 1 unspecified atom stereocenters. The van der Waals surface area contributed by atoms with Crippen LogP contribution in [-0.2, 0) is 4.79 Å². The molecule has 0 aliphatic carbocycles. The molecule has 3 heteroatoms. The quantitative estimate of drug-likeness (QED) is 0.292. The second-order valence-electron chi connectivity index (χ2n) is 7.65. The van der Waals surface area contributed by atoms with Crippen LogP contribution in [0.5, 0.6) is 0 Å². The van der Waals surface area contributed by atoms with Crippen molar-refractivity contribution in [2.75, 3.05) is 6.61 Å². The summed E-state index contributed by atoms with van der Waals surface area (Å²) in [6.07, 6.45) is 18.5. The number of aliphatic hydroxyl groups excluding tert-OH is 1. The van der Waals surface area contributed by atoms with Crippen LogP contribution in [0.2, 0.25) is 0 Å². The molecule has 0 heterocycles. The molecule has 0 aromatic heterocycles. The molecule has 24 heavy (non-hydrogen) atoms. The molecule has 0 bridgehead atoms. The van der Waals surface area contributed by atoms with Crippen molar-refractivity contribution >= 4 is 5.97 Å². The van der Waals surface area contributed by atoms with Crippen molar-refractivity contribution in [3.8, 4) is 0 Å². The average molecular weight is 343 g/mol. The van der Waals surface area contributed by atoms with Crippen molar-refractivity contribution in [2.24, 2.45) is 11.8 Å². The molecule has 0 rings (SSSR count). The van der Waals surface area contributed by atoms with Gasteiger partial charge in [-0.05, 0) is 18.8 Å². The van der Waals surface area contributed by atoms with Crippen LogP contribution in [0.3, 0.4) is 0 Å². The number of unbranched alkanes of at least 4 members (excludes halogenated alkanes) is 13. The fraction of sp³-hybridized carbons (Fsp3) is 0.952. The van der Waals surface area contributed by atoms with Crippen molar-refractivity contribution < 1.29 is 15.0 Å². The van der Waals surface area contributed by atoms with Gasteiger partial charge < -0.3 is 10.2 Å². The summed E-state index contributed by atoms with van der Waals surface area (Å²) < 4.78 is 0. The summed E-state index contributed by atoms with van der Waals surface area (Å²) in [5.74, 6) is -0.538. The Bertz CT molecular complexity index is 276. The molecular formula is C21H42O3. The van der Waals surface area contributed by atoms with Crippen molar-refractivity contribution in [3.63, 3.8) is 0 Å². The van der Waals surface area contributed by atoms with Crippen LogP contribution in [0.25, 0.3) is 0 Å². The molecule has 144 valence electrons. The Morgan fingerprint density at radius 3 is 1.29 bits per heavy atom. The van der Waals surface area contributed by atoms with Gasteiger partial charge in [-0.15, -0.1) is 0 Å². The summed E-state index contributed by atoms with van der Waals surface area (Å²) in [5.41, 5.74) is 0. The van der Waals surface area contributed by atoms with E-state index in [1.165, 1.54) is 77.0 Å². The van der Waals surface area contributed by atoms with Gasteiger partial charge in [0.1, 0.15) is 0 Å². The van der Waals surface area contributed by atoms with E-state index in [1.807, 2.05) is 13.8 Å². The third kappa shape index (κ3) is 15.0. The second kappa shape index (κ2) is 17.3. The highest BCUT2D eigenvalue weighted by molar-refractivity contribution is 5.70. The largest absolute Gasteiger partial charge is 0.481 e. The highest BCUT2D eigenvalue weighted by atomic mass is 16.4. The van der Waals surface area contributed by atoms with Crippen molar-refractivity contribution in [1.29, 1.82) is 0 Å². The summed E-state index contributed by atoms with van der Waals surface area (Å²) in [6.45, 7) is 4.36. The Balaban J connectivity index is 3.21. The summed E-state index contributed by atoms with van der Waals surface area (Å²) in [7, 11) is 0. The zero-order valence-corrected chi connectivity index (χ0v) is 16.3.